The molecule has 0 bridgehead atoms. The molecule has 1 aliphatic rings. The molecule has 206 valence electrons. The van der Waals surface area contributed by atoms with Crippen LogP contribution in [-0.2, 0) is 22.6 Å². The van der Waals surface area contributed by atoms with Crippen molar-refractivity contribution >= 4 is 46.3 Å². The normalized spacial score (nSPS) is 14.7. The van der Waals surface area contributed by atoms with Crippen LogP contribution in [0.3, 0.4) is 0 Å². The molecule has 2 aromatic heterocycles. The Bertz CT molecular complexity index is 1310. The van der Waals surface area contributed by atoms with E-state index < -0.39 is 5.60 Å². The van der Waals surface area contributed by atoms with Gasteiger partial charge in [-0.05, 0) is 38.5 Å². The highest BCUT2D eigenvalue weighted by atomic mass is 35.5. The van der Waals surface area contributed by atoms with Crippen LogP contribution < -0.4 is 10.9 Å². The maximum absolute atomic E-state index is 12.7. The van der Waals surface area contributed by atoms with Crippen LogP contribution in [0, 0.1) is 0 Å². The SMILES string of the molecule is CC(C)(C)OC(=O)N1CCN(CCOCCn2ncc3nc(NCc4ccc(Cl)c(Cl)c4)[nH]c(=O)c32)CC1. The number of carbonyl (C=O) groups is 1. The van der Waals surface area contributed by atoms with Crippen molar-refractivity contribution < 1.29 is 14.3 Å². The van der Waals surface area contributed by atoms with Gasteiger partial charge < -0.3 is 19.7 Å². The number of fused-ring (bicyclic) bond motifs is 1. The second-order valence-electron chi connectivity index (χ2n) is 10.0. The number of aromatic nitrogens is 4. The fourth-order valence-electron chi connectivity index (χ4n) is 4.02. The third-order valence-corrected chi connectivity index (χ3v) is 6.71. The number of nitrogens with zero attached hydrogens (tertiary/aromatic N) is 5. The van der Waals surface area contributed by atoms with Gasteiger partial charge in [-0.3, -0.25) is 19.4 Å². The monoisotopic (exact) mass is 565 g/mol. The van der Waals surface area contributed by atoms with Gasteiger partial charge in [-0.2, -0.15) is 5.10 Å². The first-order chi connectivity index (χ1) is 18.1. The highest BCUT2D eigenvalue weighted by Gasteiger charge is 2.25. The number of rotatable bonds is 9. The van der Waals surface area contributed by atoms with E-state index in [1.54, 1.807) is 27.9 Å². The number of aromatic amines is 1. The minimum absolute atomic E-state index is 0.265. The first kappa shape index (κ1) is 28.2. The largest absolute Gasteiger partial charge is 0.444 e. The van der Waals surface area contributed by atoms with Crippen molar-refractivity contribution in [2.24, 2.45) is 0 Å². The number of anilines is 1. The molecule has 0 saturated carbocycles. The molecule has 0 spiro atoms. The zero-order valence-corrected chi connectivity index (χ0v) is 23.3. The van der Waals surface area contributed by atoms with Gasteiger partial charge in [-0.1, -0.05) is 29.3 Å². The number of piperazine rings is 1. The molecule has 0 radical (unpaired) electrons. The van der Waals surface area contributed by atoms with Crippen LogP contribution in [-0.4, -0.2) is 87.2 Å². The molecule has 1 amide bonds. The smallest absolute Gasteiger partial charge is 0.410 e. The van der Waals surface area contributed by atoms with Crippen molar-refractivity contribution in [1.82, 2.24) is 29.5 Å². The molecule has 0 unspecified atom stereocenters. The van der Waals surface area contributed by atoms with Crippen molar-refractivity contribution in [1.29, 1.82) is 0 Å². The summed E-state index contributed by atoms with van der Waals surface area (Å²) < 4.78 is 12.8. The maximum Gasteiger partial charge on any atom is 0.410 e. The molecule has 1 aromatic carbocycles. The Kier molecular flexibility index (Phi) is 9.14. The molecule has 2 N–H and O–H groups in total. The van der Waals surface area contributed by atoms with Crippen LogP contribution in [0.5, 0.6) is 0 Å². The molecular formula is C25H33Cl2N7O4. The highest BCUT2D eigenvalue weighted by Crippen LogP contribution is 2.23. The van der Waals surface area contributed by atoms with Gasteiger partial charge in [-0.25, -0.2) is 9.78 Å². The number of ether oxygens (including phenoxy) is 2. The average Bonchev–Trinajstić information content (AvgIpc) is 3.27. The number of H-pyrrole nitrogens is 1. The van der Waals surface area contributed by atoms with Crippen molar-refractivity contribution in [2.75, 3.05) is 51.3 Å². The van der Waals surface area contributed by atoms with Crippen molar-refractivity contribution in [3.63, 3.8) is 0 Å². The highest BCUT2D eigenvalue weighted by molar-refractivity contribution is 6.42. The van der Waals surface area contributed by atoms with Gasteiger partial charge >= 0.3 is 6.09 Å². The predicted molar refractivity (Wildman–Crippen MR) is 147 cm³/mol. The van der Waals surface area contributed by atoms with Gasteiger partial charge in [0.1, 0.15) is 11.1 Å². The van der Waals surface area contributed by atoms with Gasteiger partial charge in [0.05, 0.1) is 36.0 Å². The van der Waals surface area contributed by atoms with Crippen LogP contribution in [0.15, 0.2) is 29.2 Å². The molecule has 0 aliphatic carbocycles. The van der Waals surface area contributed by atoms with E-state index in [0.29, 0.717) is 66.4 Å². The summed E-state index contributed by atoms with van der Waals surface area (Å²) in [6.07, 6.45) is 1.30. The maximum atomic E-state index is 12.7. The number of hydrogen-bond donors (Lipinski definition) is 2. The third-order valence-electron chi connectivity index (χ3n) is 5.97. The van der Waals surface area contributed by atoms with Crippen molar-refractivity contribution in [3.8, 4) is 0 Å². The number of halogens is 2. The lowest BCUT2D eigenvalue weighted by Gasteiger charge is -2.35. The Hall–Kier alpha value is -2.86. The number of hydrogen-bond acceptors (Lipinski definition) is 8. The summed E-state index contributed by atoms with van der Waals surface area (Å²) in [5.41, 5.74) is 1.02. The number of benzene rings is 1. The number of nitrogens with one attached hydrogen (secondary N) is 2. The summed E-state index contributed by atoms with van der Waals surface area (Å²) in [5.74, 6) is 0.344. The van der Waals surface area contributed by atoms with E-state index in [1.165, 1.54) is 0 Å². The zero-order valence-electron chi connectivity index (χ0n) is 21.8. The fraction of sp³-hybridized carbons (Fsp3) is 0.520. The van der Waals surface area contributed by atoms with E-state index in [9.17, 15) is 9.59 Å². The predicted octanol–water partition coefficient (Wildman–Crippen LogP) is 3.61. The second-order valence-corrected chi connectivity index (χ2v) is 10.9. The molecule has 1 saturated heterocycles. The lowest BCUT2D eigenvalue weighted by atomic mass is 10.2. The molecule has 11 nitrogen and oxygen atoms in total. The lowest BCUT2D eigenvalue weighted by molar-refractivity contribution is 0.0114. The molecule has 3 aromatic rings. The number of amides is 1. The summed E-state index contributed by atoms with van der Waals surface area (Å²) in [6, 6.07) is 5.33. The summed E-state index contributed by atoms with van der Waals surface area (Å²) in [7, 11) is 0. The molecule has 13 heteroatoms. The Morgan fingerprint density at radius 2 is 1.84 bits per heavy atom. The zero-order chi connectivity index (χ0) is 27.3. The molecule has 1 aliphatic heterocycles. The first-order valence-corrected chi connectivity index (χ1v) is 13.3. The van der Waals surface area contributed by atoms with E-state index in [4.69, 9.17) is 32.7 Å². The minimum Gasteiger partial charge on any atom is -0.444 e. The Morgan fingerprint density at radius 3 is 2.55 bits per heavy atom. The van der Waals surface area contributed by atoms with Crippen LogP contribution in [0.1, 0.15) is 26.3 Å². The van der Waals surface area contributed by atoms with Gasteiger partial charge in [-0.15, -0.1) is 0 Å². The van der Waals surface area contributed by atoms with Crippen molar-refractivity contribution in [3.05, 3.63) is 50.4 Å². The number of carbonyl (C=O) groups excluding carboxylic acids is 1. The standard InChI is InChI=1S/C25H33Cl2N7O4/c1-25(2,3)38-24(36)33-8-6-32(7-9-33)10-12-37-13-11-34-21-20(16-29-34)30-23(31-22(21)35)28-15-17-4-5-18(26)19(27)14-17/h4-5,14,16H,6-13,15H2,1-3H3,(H2,28,30,31,35). The van der Waals surface area contributed by atoms with Crippen LogP contribution >= 0.6 is 23.2 Å². The quantitative estimate of drug-likeness (QED) is 0.378. The topological polar surface area (TPSA) is 118 Å². The van der Waals surface area contributed by atoms with Gasteiger partial charge in [0.2, 0.25) is 5.95 Å². The summed E-state index contributed by atoms with van der Waals surface area (Å²) >= 11 is 12.0. The van der Waals surface area contributed by atoms with E-state index in [-0.39, 0.29) is 11.7 Å². The van der Waals surface area contributed by atoms with Gasteiger partial charge in [0.25, 0.3) is 5.56 Å². The molecule has 1 fully saturated rings. The van der Waals surface area contributed by atoms with E-state index >= 15 is 0 Å². The molecule has 4 rings (SSSR count). The van der Waals surface area contributed by atoms with Crippen LogP contribution in [0.25, 0.3) is 11.0 Å². The molecule has 0 atom stereocenters. The molecule has 38 heavy (non-hydrogen) atoms. The van der Waals surface area contributed by atoms with Crippen LogP contribution in [0.4, 0.5) is 10.7 Å². The summed E-state index contributed by atoms with van der Waals surface area (Å²) in [5, 5.41) is 8.35. The van der Waals surface area contributed by atoms with Crippen LogP contribution in [0.2, 0.25) is 10.0 Å². The van der Waals surface area contributed by atoms with Gasteiger partial charge in [0.15, 0.2) is 5.52 Å². The second kappa shape index (κ2) is 12.3. The summed E-state index contributed by atoms with van der Waals surface area (Å²) in [6.45, 7) is 11.0. The lowest BCUT2D eigenvalue weighted by Crippen LogP contribution is -2.50. The fourth-order valence-corrected chi connectivity index (χ4v) is 4.34. The molecular weight excluding hydrogens is 533 g/mol. The Morgan fingerprint density at radius 1 is 1.11 bits per heavy atom. The summed E-state index contributed by atoms with van der Waals surface area (Å²) in [4.78, 5) is 36.1. The Labute approximate surface area is 231 Å². The van der Waals surface area contributed by atoms with Gasteiger partial charge in [0, 0.05) is 39.3 Å². The van der Waals surface area contributed by atoms with E-state index in [2.05, 4.69) is 25.3 Å². The minimum atomic E-state index is -0.491. The van der Waals surface area contributed by atoms with E-state index in [1.807, 2.05) is 26.8 Å². The average molecular weight is 566 g/mol. The van der Waals surface area contributed by atoms with E-state index in [0.717, 1.165) is 25.2 Å². The first-order valence-electron chi connectivity index (χ1n) is 12.5. The Balaban J connectivity index is 1.20. The van der Waals surface area contributed by atoms with Crippen molar-refractivity contribution in [2.45, 2.75) is 39.5 Å². The molecule has 3 heterocycles. The third kappa shape index (κ3) is 7.59.